The Kier molecular flexibility index (Phi) is 5.86. The first kappa shape index (κ1) is 16.6. The fraction of sp³-hybridized carbons (Fsp3) is 0.357. The van der Waals surface area contributed by atoms with Crippen LogP contribution in [0.15, 0.2) is 18.2 Å². The number of benzene rings is 1. The first-order chi connectivity index (χ1) is 9.77. The minimum atomic E-state index is -1.18. The highest BCUT2D eigenvalue weighted by atomic mass is 16.4. The Balaban J connectivity index is 2.70. The van der Waals surface area contributed by atoms with Gasteiger partial charge in [0.05, 0.1) is 19.6 Å². The number of rotatable bonds is 7. The van der Waals surface area contributed by atoms with Crippen molar-refractivity contribution >= 4 is 23.5 Å². The molecule has 0 spiro atoms. The Morgan fingerprint density at radius 1 is 1.05 bits per heavy atom. The van der Waals surface area contributed by atoms with Gasteiger partial charge in [-0.05, 0) is 31.0 Å². The SMILES string of the molecule is Cc1ccc(C)c(NC(=O)CN(CC(=O)O)CC(=O)O)c1. The summed E-state index contributed by atoms with van der Waals surface area (Å²) in [5.41, 5.74) is 2.48. The van der Waals surface area contributed by atoms with Crippen LogP contribution in [0, 0.1) is 13.8 Å². The van der Waals surface area contributed by atoms with Crippen molar-refractivity contribution in [1.82, 2.24) is 4.90 Å². The number of nitrogens with one attached hydrogen (secondary N) is 1. The van der Waals surface area contributed by atoms with Crippen molar-refractivity contribution < 1.29 is 24.6 Å². The molecule has 0 aromatic heterocycles. The van der Waals surface area contributed by atoms with Crippen molar-refractivity contribution in [2.75, 3.05) is 25.0 Å². The lowest BCUT2D eigenvalue weighted by Gasteiger charge is -2.18. The van der Waals surface area contributed by atoms with Gasteiger partial charge in [0.15, 0.2) is 0 Å². The molecular formula is C14H18N2O5. The first-order valence-electron chi connectivity index (χ1n) is 6.31. The molecule has 0 unspecified atom stereocenters. The van der Waals surface area contributed by atoms with Crippen molar-refractivity contribution in [3.8, 4) is 0 Å². The second kappa shape index (κ2) is 7.39. The molecule has 1 aromatic carbocycles. The zero-order valence-corrected chi connectivity index (χ0v) is 11.9. The van der Waals surface area contributed by atoms with E-state index in [2.05, 4.69) is 5.32 Å². The average Bonchev–Trinajstić information content (AvgIpc) is 2.31. The van der Waals surface area contributed by atoms with Gasteiger partial charge in [0.25, 0.3) is 0 Å². The highest BCUT2D eigenvalue weighted by Crippen LogP contribution is 2.16. The van der Waals surface area contributed by atoms with Crippen LogP contribution in [-0.2, 0) is 14.4 Å². The number of carboxylic acid groups (broad SMARTS) is 2. The predicted octanol–water partition coefficient (Wildman–Crippen LogP) is 0.713. The van der Waals surface area contributed by atoms with Crippen LogP contribution in [0.2, 0.25) is 0 Å². The molecule has 0 aliphatic heterocycles. The van der Waals surface area contributed by atoms with Gasteiger partial charge in [-0.3, -0.25) is 19.3 Å². The minimum Gasteiger partial charge on any atom is -0.480 e. The van der Waals surface area contributed by atoms with Crippen LogP contribution in [0.1, 0.15) is 11.1 Å². The minimum absolute atomic E-state index is 0.300. The Labute approximate surface area is 122 Å². The predicted molar refractivity (Wildman–Crippen MR) is 76.3 cm³/mol. The van der Waals surface area contributed by atoms with Crippen molar-refractivity contribution in [2.45, 2.75) is 13.8 Å². The lowest BCUT2D eigenvalue weighted by Crippen LogP contribution is -2.40. The Bertz CT molecular complexity index is 540. The third kappa shape index (κ3) is 6.05. The van der Waals surface area contributed by atoms with E-state index in [1.165, 1.54) is 0 Å². The molecule has 114 valence electrons. The van der Waals surface area contributed by atoms with E-state index < -0.39 is 30.9 Å². The van der Waals surface area contributed by atoms with Crippen LogP contribution in [0.5, 0.6) is 0 Å². The van der Waals surface area contributed by atoms with Gasteiger partial charge in [0.1, 0.15) is 0 Å². The van der Waals surface area contributed by atoms with Gasteiger partial charge in [-0.25, -0.2) is 0 Å². The largest absolute Gasteiger partial charge is 0.480 e. The summed E-state index contributed by atoms with van der Waals surface area (Å²) in [7, 11) is 0. The van der Waals surface area contributed by atoms with Crippen molar-refractivity contribution in [1.29, 1.82) is 0 Å². The number of carbonyl (C=O) groups is 3. The van der Waals surface area contributed by atoms with E-state index in [9.17, 15) is 14.4 Å². The van der Waals surface area contributed by atoms with Gasteiger partial charge in [0, 0.05) is 5.69 Å². The van der Waals surface area contributed by atoms with Crippen LogP contribution in [-0.4, -0.2) is 52.6 Å². The van der Waals surface area contributed by atoms with Gasteiger partial charge in [-0.1, -0.05) is 12.1 Å². The molecule has 21 heavy (non-hydrogen) atoms. The maximum atomic E-state index is 11.9. The molecule has 0 heterocycles. The Morgan fingerprint density at radius 3 is 2.14 bits per heavy atom. The van der Waals surface area contributed by atoms with E-state index in [1.54, 1.807) is 6.07 Å². The number of aryl methyl sites for hydroxylation is 2. The summed E-state index contributed by atoms with van der Waals surface area (Å²) in [5.74, 6) is -2.82. The molecule has 0 atom stereocenters. The molecule has 0 saturated carbocycles. The molecular weight excluding hydrogens is 276 g/mol. The summed E-state index contributed by atoms with van der Waals surface area (Å²) in [6.07, 6.45) is 0. The topological polar surface area (TPSA) is 107 Å². The fourth-order valence-corrected chi connectivity index (χ4v) is 1.81. The smallest absolute Gasteiger partial charge is 0.317 e. The zero-order valence-electron chi connectivity index (χ0n) is 11.9. The first-order valence-corrected chi connectivity index (χ1v) is 6.31. The molecule has 3 N–H and O–H groups in total. The van der Waals surface area contributed by atoms with Crippen molar-refractivity contribution in [2.24, 2.45) is 0 Å². The monoisotopic (exact) mass is 294 g/mol. The maximum Gasteiger partial charge on any atom is 0.317 e. The van der Waals surface area contributed by atoms with Gasteiger partial charge in [-0.2, -0.15) is 0 Å². The van der Waals surface area contributed by atoms with E-state index in [4.69, 9.17) is 10.2 Å². The van der Waals surface area contributed by atoms with Gasteiger partial charge >= 0.3 is 11.9 Å². The summed E-state index contributed by atoms with van der Waals surface area (Å²) < 4.78 is 0. The van der Waals surface area contributed by atoms with Crippen LogP contribution in [0.25, 0.3) is 0 Å². The number of carbonyl (C=O) groups excluding carboxylic acids is 1. The van der Waals surface area contributed by atoms with E-state index in [0.29, 0.717) is 5.69 Å². The standard InChI is InChI=1S/C14H18N2O5/c1-9-3-4-10(2)11(5-9)15-12(17)6-16(7-13(18)19)8-14(20)21/h3-5H,6-8H2,1-2H3,(H,15,17)(H,18,19)(H,20,21). The van der Waals surface area contributed by atoms with Crippen LogP contribution < -0.4 is 5.32 Å². The highest BCUT2D eigenvalue weighted by molar-refractivity contribution is 5.93. The molecule has 1 amide bonds. The number of hydrogen-bond acceptors (Lipinski definition) is 4. The second-order valence-corrected chi connectivity index (χ2v) is 4.80. The quantitative estimate of drug-likeness (QED) is 0.684. The van der Waals surface area contributed by atoms with Gasteiger partial charge in [0.2, 0.25) is 5.91 Å². The average molecular weight is 294 g/mol. The number of nitrogens with zero attached hydrogens (tertiary/aromatic N) is 1. The molecule has 0 aliphatic carbocycles. The third-order valence-electron chi connectivity index (χ3n) is 2.75. The molecule has 7 heteroatoms. The lowest BCUT2D eigenvalue weighted by atomic mass is 10.1. The van der Waals surface area contributed by atoms with E-state index >= 15 is 0 Å². The number of carboxylic acids is 2. The number of anilines is 1. The molecule has 0 aliphatic rings. The normalized spacial score (nSPS) is 10.4. The molecule has 0 saturated heterocycles. The van der Waals surface area contributed by atoms with Crippen molar-refractivity contribution in [3.05, 3.63) is 29.3 Å². The number of aliphatic carboxylic acids is 2. The molecule has 0 fully saturated rings. The molecule has 0 radical (unpaired) electrons. The maximum absolute atomic E-state index is 11.9. The molecule has 1 aromatic rings. The summed E-state index contributed by atoms with van der Waals surface area (Å²) in [4.78, 5) is 34.3. The van der Waals surface area contributed by atoms with Gasteiger partial charge < -0.3 is 15.5 Å². The van der Waals surface area contributed by atoms with Crippen LogP contribution >= 0.6 is 0 Å². The molecule has 7 nitrogen and oxygen atoms in total. The molecule has 1 rings (SSSR count). The summed E-state index contributed by atoms with van der Waals surface area (Å²) in [6, 6.07) is 5.56. The van der Waals surface area contributed by atoms with Gasteiger partial charge in [-0.15, -0.1) is 0 Å². The fourth-order valence-electron chi connectivity index (χ4n) is 1.81. The van der Waals surface area contributed by atoms with Crippen LogP contribution in [0.3, 0.4) is 0 Å². The Morgan fingerprint density at radius 2 is 1.62 bits per heavy atom. The summed E-state index contributed by atoms with van der Waals surface area (Å²) in [6.45, 7) is 2.41. The van der Waals surface area contributed by atoms with E-state index in [1.807, 2.05) is 26.0 Å². The lowest BCUT2D eigenvalue weighted by molar-refractivity contribution is -0.142. The third-order valence-corrected chi connectivity index (χ3v) is 2.75. The number of hydrogen-bond donors (Lipinski definition) is 3. The van der Waals surface area contributed by atoms with E-state index in [-0.39, 0.29) is 6.54 Å². The summed E-state index contributed by atoms with van der Waals surface area (Å²) in [5, 5.41) is 20.1. The second-order valence-electron chi connectivity index (χ2n) is 4.80. The highest BCUT2D eigenvalue weighted by Gasteiger charge is 2.17. The van der Waals surface area contributed by atoms with Crippen molar-refractivity contribution in [3.63, 3.8) is 0 Å². The number of amides is 1. The van der Waals surface area contributed by atoms with E-state index in [0.717, 1.165) is 16.0 Å². The summed E-state index contributed by atoms with van der Waals surface area (Å²) >= 11 is 0. The molecule has 0 bridgehead atoms. The van der Waals surface area contributed by atoms with Crippen LogP contribution in [0.4, 0.5) is 5.69 Å². The Hall–Kier alpha value is -2.41. The zero-order chi connectivity index (χ0) is 16.0.